The molecule has 6 heteroatoms. The van der Waals surface area contributed by atoms with Crippen LogP contribution in [0.5, 0.6) is 23.0 Å². The van der Waals surface area contributed by atoms with Crippen molar-refractivity contribution in [3.8, 4) is 23.0 Å². The second kappa shape index (κ2) is 8.41. The van der Waals surface area contributed by atoms with Gasteiger partial charge >= 0.3 is 142 Å². The first-order valence-electron chi connectivity index (χ1n) is 6.57. The Balaban J connectivity index is 2.39. The molecule has 2 aromatic carbocycles. The number of benzene rings is 2. The molecule has 0 atom stereocenters. The van der Waals surface area contributed by atoms with Crippen LogP contribution >= 0.6 is 0 Å². The summed E-state index contributed by atoms with van der Waals surface area (Å²) < 4.78 is 24.0. The fraction of sp³-hybridized carbons (Fsp3) is 0.250. The Morgan fingerprint density at radius 1 is 0.591 bits per heavy atom. The number of methoxy groups -OCH3 is 4. The van der Waals surface area contributed by atoms with Crippen LogP contribution in [0.2, 0.25) is 0 Å². The molecule has 0 N–H and O–H groups in total. The van der Waals surface area contributed by atoms with Gasteiger partial charge in [-0.2, -0.15) is 0 Å². The molecule has 0 unspecified atom stereocenters. The third kappa shape index (κ3) is 4.15. The maximum absolute atomic E-state index is 5.46. The molecule has 0 aliphatic heterocycles. The fourth-order valence-electron chi connectivity index (χ4n) is 1.86. The molecule has 0 spiro atoms. The van der Waals surface area contributed by atoms with Crippen molar-refractivity contribution in [2.75, 3.05) is 28.4 Å². The van der Waals surface area contributed by atoms with Gasteiger partial charge in [0, 0.05) is 0 Å². The predicted octanol–water partition coefficient (Wildman–Crippen LogP) is 0.995. The number of hydrogen-bond donors (Lipinski definition) is 0. The van der Waals surface area contributed by atoms with Gasteiger partial charge in [0.1, 0.15) is 0 Å². The Bertz CT molecular complexity index is 614. The molecule has 0 amide bonds. The van der Waals surface area contributed by atoms with E-state index in [0.717, 1.165) is 23.0 Å². The van der Waals surface area contributed by atoms with Crippen LogP contribution in [-0.4, -0.2) is 54.7 Å². The molecule has 0 fully saturated rings. The van der Waals surface area contributed by atoms with Crippen molar-refractivity contribution >= 4 is 35.0 Å². The molecule has 0 aromatic heterocycles. The molecule has 2 rings (SSSR count). The third-order valence-corrected chi connectivity index (χ3v) is 11.4. The Labute approximate surface area is 141 Å². The molecule has 0 saturated carbocycles. The van der Waals surface area contributed by atoms with Crippen molar-refractivity contribution in [1.82, 2.24) is 0 Å². The van der Waals surface area contributed by atoms with Gasteiger partial charge in [-0.05, 0) is 0 Å². The molecule has 0 aliphatic rings. The summed E-state index contributed by atoms with van der Waals surface area (Å²) in [5.74, 6) is 3.59. The van der Waals surface area contributed by atoms with E-state index in [1.807, 2.05) is 24.3 Å². The third-order valence-electron chi connectivity index (χ3n) is 3.04. The molecule has 22 heavy (non-hydrogen) atoms. The van der Waals surface area contributed by atoms with E-state index < -0.39 is 0 Å². The summed E-state index contributed by atoms with van der Waals surface area (Å²) in [5.41, 5.74) is 0. The molecule has 4 nitrogen and oxygen atoms in total. The summed E-state index contributed by atoms with van der Waals surface area (Å²) in [5, 5.41) is 0. The number of hydrogen-bond acceptors (Lipinski definition) is 4. The molecular weight excluding hydrogens is 406 g/mol. The van der Waals surface area contributed by atoms with Crippen molar-refractivity contribution in [1.29, 1.82) is 0 Å². The first-order chi connectivity index (χ1) is 10.7. The van der Waals surface area contributed by atoms with Crippen molar-refractivity contribution in [3.63, 3.8) is 0 Å². The second-order valence-electron chi connectivity index (χ2n) is 4.28. The van der Waals surface area contributed by atoms with Crippen molar-refractivity contribution in [3.05, 3.63) is 36.4 Å². The minimum atomic E-state index is -0.0269. The van der Waals surface area contributed by atoms with Crippen LogP contribution in [0.1, 0.15) is 0 Å². The molecule has 116 valence electrons. The van der Waals surface area contributed by atoms with Gasteiger partial charge in [-0.1, -0.05) is 0 Å². The first kappa shape index (κ1) is 17.1. The summed E-state index contributed by atoms with van der Waals surface area (Å²) in [4.78, 5) is 0. The molecule has 0 radical (unpaired) electrons. The second-order valence-corrected chi connectivity index (χ2v) is 11.5. The molecular formula is C16H18As2O4. The van der Waals surface area contributed by atoms with E-state index in [1.54, 1.807) is 28.4 Å². The summed E-state index contributed by atoms with van der Waals surface area (Å²) in [6.07, 6.45) is 0. The summed E-state index contributed by atoms with van der Waals surface area (Å²) in [6.45, 7) is 0. The molecule has 2 aromatic rings. The normalized spacial score (nSPS) is 10.5. The minimum absolute atomic E-state index is 0.0269. The quantitative estimate of drug-likeness (QED) is 0.649. The van der Waals surface area contributed by atoms with Crippen LogP contribution in [0.15, 0.2) is 36.4 Å². The van der Waals surface area contributed by atoms with Crippen LogP contribution < -0.4 is 27.6 Å². The van der Waals surface area contributed by atoms with Gasteiger partial charge in [-0.15, -0.1) is 0 Å². The van der Waals surface area contributed by atoms with Gasteiger partial charge in [0.05, 0.1) is 0 Å². The van der Waals surface area contributed by atoms with Crippen LogP contribution in [0, 0.1) is 0 Å². The van der Waals surface area contributed by atoms with E-state index in [0.29, 0.717) is 0 Å². The summed E-state index contributed by atoms with van der Waals surface area (Å²) >= 11 is -0.0539. The monoisotopic (exact) mass is 424 g/mol. The number of rotatable bonds is 6. The number of ether oxygens (including phenoxy) is 4. The maximum atomic E-state index is 5.46. The Kier molecular flexibility index (Phi) is 6.54. The Hall–Kier alpha value is -1.24. The zero-order valence-electron chi connectivity index (χ0n) is 13.0. The van der Waals surface area contributed by atoms with E-state index >= 15 is 0 Å². The van der Waals surface area contributed by atoms with Crippen LogP contribution in [0.3, 0.4) is 0 Å². The average molecular weight is 424 g/mol. The summed E-state index contributed by atoms with van der Waals surface area (Å²) in [6, 6.07) is 11.9. The van der Waals surface area contributed by atoms with Crippen LogP contribution in [0.25, 0.3) is 0 Å². The predicted molar refractivity (Wildman–Crippen MR) is 89.9 cm³/mol. The van der Waals surface area contributed by atoms with Crippen molar-refractivity contribution < 1.29 is 18.9 Å². The van der Waals surface area contributed by atoms with E-state index in [-0.39, 0.29) is 26.3 Å². The zero-order chi connectivity index (χ0) is 15.9. The van der Waals surface area contributed by atoms with Gasteiger partial charge in [-0.3, -0.25) is 0 Å². The van der Waals surface area contributed by atoms with E-state index in [4.69, 9.17) is 18.9 Å². The summed E-state index contributed by atoms with van der Waals surface area (Å²) in [7, 11) is 6.77. The van der Waals surface area contributed by atoms with Crippen LogP contribution in [-0.2, 0) is 0 Å². The van der Waals surface area contributed by atoms with Crippen molar-refractivity contribution in [2.24, 2.45) is 0 Å². The standard InChI is InChI=1S/C16H18As2O4/c1-19-11-5-7-15(21-3)13(9-11)17-18-14-10-12(20-2)6-8-16(14)22-4/h5-10H,1-4H3. The van der Waals surface area contributed by atoms with Gasteiger partial charge in [0.25, 0.3) is 0 Å². The molecule has 0 heterocycles. The Morgan fingerprint density at radius 2 is 1.00 bits per heavy atom. The SMILES string of the molecule is COc1ccc(OC)c([As]=[As]c2cc(OC)ccc2OC)c1. The molecule has 0 saturated heterocycles. The molecule has 0 bridgehead atoms. The van der Waals surface area contributed by atoms with E-state index in [9.17, 15) is 0 Å². The van der Waals surface area contributed by atoms with Gasteiger partial charge in [-0.25, -0.2) is 0 Å². The fourth-order valence-corrected chi connectivity index (χ4v) is 9.95. The van der Waals surface area contributed by atoms with Crippen molar-refractivity contribution in [2.45, 2.75) is 0 Å². The average Bonchev–Trinajstić information content (AvgIpc) is 2.59. The van der Waals surface area contributed by atoms with E-state index in [1.165, 1.54) is 8.70 Å². The first-order valence-corrected chi connectivity index (χ1v) is 13.6. The van der Waals surface area contributed by atoms with E-state index in [2.05, 4.69) is 12.1 Å². The topological polar surface area (TPSA) is 36.9 Å². The van der Waals surface area contributed by atoms with Gasteiger partial charge < -0.3 is 0 Å². The zero-order valence-corrected chi connectivity index (χ0v) is 16.7. The Morgan fingerprint density at radius 3 is 1.32 bits per heavy atom. The van der Waals surface area contributed by atoms with Crippen LogP contribution in [0.4, 0.5) is 0 Å². The molecule has 0 aliphatic carbocycles. The van der Waals surface area contributed by atoms with Gasteiger partial charge in [0.2, 0.25) is 0 Å². The van der Waals surface area contributed by atoms with Gasteiger partial charge in [0.15, 0.2) is 0 Å².